The van der Waals surface area contributed by atoms with Crippen molar-refractivity contribution in [1.82, 2.24) is 25.4 Å². The smallest absolute Gasteiger partial charge is 0.191 e. The average molecular weight is 360 g/mol. The monoisotopic (exact) mass is 360 g/mol. The number of ether oxygens (including phenoxy) is 2. The summed E-state index contributed by atoms with van der Waals surface area (Å²) in [6, 6.07) is 6.02. The standard InChI is InChI=1S/C18H28N6O2/c1-5-19-18(21-12-17-22-13-23-24(17)2)20-10-6-7-14-8-9-15(25-3)16(11-14)26-4/h8-9,11,13H,5-7,10,12H2,1-4H3,(H2,19,20,21). The van der Waals surface area contributed by atoms with Crippen molar-refractivity contribution >= 4 is 5.96 Å². The maximum atomic E-state index is 5.35. The molecule has 8 heteroatoms. The third-order valence-electron chi connectivity index (χ3n) is 3.91. The number of aryl methyl sites for hydroxylation is 2. The van der Waals surface area contributed by atoms with E-state index >= 15 is 0 Å². The van der Waals surface area contributed by atoms with E-state index < -0.39 is 0 Å². The quantitative estimate of drug-likeness (QED) is 0.401. The Bertz CT molecular complexity index is 713. The van der Waals surface area contributed by atoms with Gasteiger partial charge >= 0.3 is 0 Å². The summed E-state index contributed by atoms with van der Waals surface area (Å²) in [4.78, 5) is 8.73. The van der Waals surface area contributed by atoms with E-state index in [1.807, 2.05) is 26.1 Å². The molecule has 2 N–H and O–H groups in total. The van der Waals surface area contributed by atoms with Gasteiger partial charge in [-0.25, -0.2) is 9.98 Å². The minimum Gasteiger partial charge on any atom is -0.493 e. The van der Waals surface area contributed by atoms with Crippen LogP contribution in [0.5, 0.6) is 11.5 Å². The van der Waals surface area contributed by atoms with Crippen molar-refractivity contribution in [3.8, 4) is 11.5 Å². The molecule has 1 aromatic carbocycles. The molecule has 0 fully saturated rings. The molecule has 0 amide bonds. The van der Waals surface area contributed by atoms with Crippen LogP contribution in [0.3, 0.4) is 0 Å². The van der Waals surface area contributed by atoms with Crippen LogP contribution in [0.25, 0.3) is 0 Å². The molecular weight excluding hydrogens is 332 g/mol. The van der Waals surface area contributed by atoms with Crippen LogP contribution in [-0.2, 0) is 20.0 Å². The number of nitrogens with one attached hydrogen (secondary N) is 2. The van der Waals surface area contributed by atoms with E-state index in [0.29, 0.717) is 6.54 Å². The summed E-state index contributed by atoms with van der Waals surface area (Å²) in [5.41, 5.74) is 1.21. The van der Waals surface area contributed by atoms with E-state index in [-0.39, 0.29) is 0 Å². The molecule has 0 radical (unpaired) electrons. The van der Waals surface area contributed by atoms with Crippen LogP contribution in [0.4, 0.5) is 0 Å². The molecule has 0 aliphatic carbocycles. The molecule has 0 spiro atoms. The van der Waals surface area contributed by atoms with Gasteiger partial charge in [-0.15, -0.1) is 0 Å². The predicted molar refractivity (Wildman–Crippen MR) is 102 cm³/mol. The van der Waals surface area contributed by atoms with E-state index in [4.69, 9.17) is 9.47 Å². The summed E-state index contributed by atoms with van der Waals surface area (Å²) in [6.07, 6.45) is 3.45. The number of aromatic nitrogens is 3. The highest BCUT2D eigenvalue weighted by molar-refractivity contribution is 5.79. The molecule has 142 valence electrons. The number of rotatable bonds is 9. The Kier molecular flexibility index (Phi) is 7.73. The summed E-state index contributed by atoms with van der Waals surface area (Å²) in [7, 11) is 5.16. The molecular formula is C18H28N6O2. The fourth-order valence-corrected chi connectivity index (χ4v) is 2.49. The number of guanidine groups is 1. The number of benzene rings is 1. The van der Waals surface area contributed by atoms with Crippen LogP contribution in [0, 0.1) is 0 Å². The topological polar surface area (TPSA) is 85.6 Å². The largest absolute Gasteiger partial charge is 0.493 e. The third-order valence-corrected chi connectivity index (χ3v) is 3.91. The van der Waals surface area contributed by atoms with Crippen LogP contribution in [-0.4, -0.2) is 48.0 Å². The maximum Gasteiger partial charge on any atom is 0.191 e. The Labute approximate surface area is 154 Å². The first kappa shape index (κ1) is 19.6. The van der Waals surface area contributed by atoms with Gasteiger partial charge in [-0.1, -0.05) is 6.07 Å². The molecule has 2 aromatic rings. The highest BCUT2D eigenvalue weighted by atomic mass is 16.5. The lowest BCUT2D eigenvalue weighted by atomic mass is 10.1. The molecule has 0 aliphatic heterocycles. The second-order valence-electron chi connectivity index (χ2n) is 5.71. The highest BCUT2D eigenvalue weighted by Crippen LogP contribution is 2.27. The second kappa shape index (κ2) is 10.3. The van der Waals surface area contributed by atoms with Gasteiger partial charge in [0.25, 0.3) is 0 Å². The number of hydrogen-bond acceptors (Lipinski definition) is 5. The van der Waals surface area contributed by atoms with Crippen LogP contribution < -0.4 is 20.1 Å². The Balaban J connectivity index is 1.83. The molecule has 8 nitrogen and oxygen atoms in total. The van der Waals surface area contributed by atoms with Crippen LogP contribution in [0.1, 0.15) is 24.7 Å². The number of hydrogen-bond donors (Lipinski definition) is 2. The van der Waals surface area contributed by atoms with Crippen LogP contribution >= 0.6 is 0 Å². The first-order chi connectivity index (χ1) is 12.7. The van der Waals surface area contributed by atoms with Gasteiger partial charge < -0.3 is 20.1 Å². The lowest BCUT2D eigenvalue weighted by molar-refractivity contribution is 0.354. The van der Waals surface area contributed by atoms with E-state index in [1.165, 1.54) is 11.9 Å². The molecule has 1 aromatic heterocycles. The Hall–Kier alpha value is -2.77. The van der Waals surface area contributed by atoms with Crippen molar-refractivity contribution in [2.45, 2.75) is 26.3 Å². The first-order valence-corrected chi connectivity index (χ1v) is 8.73. The van der Waals surface area contributed by atoms with Gasteiger partial charge in [0.2, 0.25) is 0 Å². The maximum absolute atomic E-state index is 5.35. The molecule has 0 unspecified atom stereocenters. The fourth-order valence-electron chi connectivity index (χ4n) is 2.49. The summed E-state index contributed by atoms with van der Waals surface area (Å²) in [5, 5.41) is 10.6. The fraction of sp³-hybridized carbons (Fsp3) is 0.500. The molecule has 1 heterocycles. The van der Waals surface area contributed by atoms with Gasteiger partial charge in [0.15, 0.2) is 17.5 Å². The molecule has 2 rings (SSSR count). The summed E-state index contributed by atoms with van der Waals surface area (Å²) >= 11 is 0. The van der Waals surface area contributed by atoms with Gasteiger partial charge in [-0.05, 0) is 37.5 Å². The van der Waals surface area contributed by atoms with Crippen molar-refractivity contribution < 1.29 is 9.47 Å². The van der Waals surface area contributed by atoms with E-state index in [1.54, 1.807) is 18.9 Å². The molecule has 0 atom stereocenters. The molecule has 0 saturated carbocycles. The van der Waals surface area contributed by atoms with Crippen molar-refractivity contribution in [3.63, 3.8) is 0 Å². The number of aliphatic imine (C=N–C) groups is 1. The zero-order valence-corrected chi connectivity index (χ0v) is 16.0. The minimum atomic E-state index is 0.488. The second-order valence-corrected chi connectivity index (χ2v) is 5.71. The van der Waals surface area contributed by atoms with E-state index in [9.17, 15) is 0 Å². The van der Waals surface area contributed by atoms with Gasteiger partial charge in [0.1, 0.15) is 18.7 Å². The summed E-state index contributed by atoms with van der Waals surface area (Å²) in [6.45, 7) is 4.16. The van der Waals surface area contributed by atoms with Crippen molar-refractivity contribution in [2.24, 2.45) is 12.0 Å². The third kappa shape index (κ3) is 5.65. The SMILES string of the molecule is CCNC(=NCc1ncnn1C)NCCCc1ccc(OC)c(OC)c1. The zero-order chi connectivity index (χ0) is 18.8. The number of methoxy groups -OCH3 is 2. The molecule has 26 heavy (non-hydrogen) atoms. The molecule has 0 bridgehead atoms. The summed E-state index contributed by atoms with van der Waals surface area (Å²) in [5.74, 6) is 3.12. The van der Waals surface area contributed by atoms with E-state index in [0.717, 1.165) is 49.2 Å². The first-order valence-electron chi connectivity index (χ1n) is 8.73. The van der Waals surface area contributed by atoms with Crippen molar-refractivity contribution in [2.75, 3.05) is 27.3 Å². The predicted octanol–water partition coefficient (Wildman–Crippen LogP) is 1.52. The minimum absolute atomic E-state index is 0.488. The zero-order valence-electron chi connectivity index (χ0n) is 16.0. The van der Waals surface area contributed by atoms with Gasteiger partial charge in [-0.2, -0.15) is 5.10 Å². The lowest BCUT2D eigenvalue weighted by Gasteiger charge is -2.12. The van der Waals surface area contributed by atoms with Crippen LogP contribution in [0.15, 0.2) is 29.5 Å². The molecule has 0 saturated heterocycles. The van der Waals surface area contributed by atoms with Crippen molar-refractivity contribution in [1.29, 1.82) is 0 Å². The number of nitrogens with zero attached hydrogens (tertiary/aromatic N) is 4. The Morgan fingerprint density at radius 1 is 1.19 bits per heavy atom. The Morgan fingerprint density at radius 3 is 2.65 bits per heavy atom. The summed E-state index contributed by atoms with van der Waals surface area (Å²) < 4.78 is 12.3. The van der Waals surface area contributed by atoms with Crippen LogP contribution in [0.2, 0.25) is 0 Å². The normalized spacial score (nSPS) is 11.3. The average Bonchev–Trinajstić information content (AvgIpc) is 3.07. The van der Waals surface area contributed by atoms with Gasteiger partial charge in [0.05, 0.1) is 14.2 Å². The molecule has 0 aliphatic rings. The van der Waals surface area contributed by atoms with Gasteiger partial charge in [0, 0.05) is 20.1 Å². The lowest BCUT2D eigenvalue weighted by Crippen LogP contribution is -2.38. The Morgan fingerprint density at radius 2 is 2.00 bits per heavy atom. The van der Waals surface area contributed by atoms with Gasteiger partial charge in [-0.3, -0.25) is 4.68 Å². The van der Waals surface area contributed by atoms with E-state index in [2.05, 4.69) is 31.8 Å². The highest BCUT2D eigenvalue weighted by Gasteiger charge is 2.05. The van der Waals surface area contributed by atoms with Crippen molar-refractivity contribution in [3.05, 3.63) is 35.9 Å².